The number of carbonyl (C=O) groups excluding carboxylic acids is 2. The molecule has 0 aliphatic carbocycles. The third kappa shape index (κ3) is 5.38. The van der Waals surface area contributed by atoms with E-state index in [-0.39, 0.29) is 24.8 Å². The molecule has 0 saturated heterocycles. The third-order valence-corrected chi connectivity index (χ3v) is 8.53. The van der Waals surface area contributed by atoms with Gasteiger partial charge in [-0.2, -0.15) is 10.5 Å². The average molecular weight is 591 g/mol. The molecule has 0 radical (unpaired) electrons. The molecule has 0 saturated carbocycles. The van der Waals surface area contributed by atoms with Crippen LogP contribution in [0.25, 0.3) is 24.3 Å². The van der Waals surface area contributed by atoms with E-state index < -0.39 is 0 Å². The third-order valence-electron chi connectivity index (χ3n) is 8.53. The standard InChI is InChI=1S/C34H34N6O4/c1-17-21(7-9-33(41)43-5)29-14-30-22(8-10-34(42)44-6)18(2)27(38-30)12-31-24(16-36)20(4)28(40-31)13-32-23(15-35)19(3)26(39-32)11-25(17)37-29/h11-14,37-40H,7-10H2,1-6H3. The van der Waals surface area contributed by atoms with Crippen LogP contribution in [-0.2, 0) is 31.9 Å². The average Bonchev–Trinajstić information content (AvgIpc) is 3.67. The van der Waals surface area contributed by atoms with Gasteiger partial charge in [0.05, 0.1) is 36.4 Å². The van der Waals surface area contributed by atoms with Crippen molar-refractivity contribution < 1.29 is 19.1 Å². The molecule has 0 spiro atoms. The summed E-state index contributed by atoms with van der Waals surface area (Å²) in [5.74, 6) is -0.615. The van der Waals surface area contributed by atoms with Crippen LogP contribution in [-0.4, -0.2) is 46.1 Å². The van der Waals surface area contributed by atoms with Gasteiger partial charge in [-0.15, -0.1) is 0 Å². The first-order chi connectivity index (χ1) is 21.1. The first kappa shape index (κ1) is 30.0. The molecule has 8 bridgehead atoms. The van der Waals surface area contributed by atoms with Crippen LogP contribution in [0.2, 0.25) is 0 Å². The van der Waals surface area contributed by atoms with Crippen molar-refractivity contribution in [2.24, 2.45) is 0 Å². The molecule has 0 atom stereocenters. The van der Waals surface area contributed by atoms with Gasteiger partial charge in [-0.05, 0) is 98.2 Å². The second kappa shape index (κ2) is 12.0. The molecule has 10 heteroatoms. The van der Waals surface area contributed by atoms with E-state index in [0.717, 1.165) is 66.5 Å². The summed E-state index contributed by atoms with van der Waals surface area (Å²) in [6.45, 7) is 7.76. The van der Waals surface area contributed by atoms with Gasteiger partial charge in [0, 0.05) is 46.0 Å². The number of aromatic amines is 4. The molecule has 1 aliphatic heterocycles. The van der Waals surface area contributed by atoms with Crippen LogP contribution in [0.15, 0.2) is 0 Å². The highest BCUT2D eigenvalue weighted by molar-refractivity contribution is 5.72. The number of carbonyl (C=O) groups is 2. The quantitative estimate of drug-likeness (QED) is 0.221. The number of hydrogen-bond acceptors (Lipinski definition) is 6. The summed E-state index contributed by atoms with van der Waals surface area (Å²) >= 11 is 0. The molecule has 0 amide bonds. The summed E-state index contributed by atoms with van der Waals surface area (Å²) in [6, 6.07) is 4.65. The Morgan fingerprint density at radius 1 is 0.591 bits per heavy atom. The maximum Gasteiger partial charge on any atom is 0.305 e. The number of H-pyrrole nitrogens is 4. The smallest absolute Gasteiger partial charge is 0.305 e. The van der Waals surface area contributed by atoms with Gasteiger partial charge in [-0.3, -0.25) is 9.59 Å². The molecular formula is C34H34N6O4. The van der Waals surface area contributed by atoms with E-state index in [9.17, 15) is 20.1 Å². The predicted molar refractivity (Wildman–Crippen MR) is 165 cm³/mol. The Bertz CT molecular complexity index is 2150. The minimum atomic E-state index is -0.309. The van der Waals surface area contributed by atoms with E-state index in [1.165, 1.54) is 14.2 Å². The molecule has 0 aromatic carbocycles. The summed E-state index contributed by atoms with van der Waals surface area (Å²) < 4.78 is 9.83. The number of nitrogens with one attached hydrogen (secondary N) is 4. The highest BCUT2D eigenvalue weighted by atomic mass is 16.5. The SMILES string of the molecule is COC(=O)CCc1c2[nH]c(c1C)C=c1[nH]c(c(C)c1C#N)=Cc1[nH]c(c(C)c1C#N)C=c1[nH]c(c(CCC(=O)OC)c1C)=C2. The number of hydrogen-bond donors (Lipinski definition) is 4. The molecule has 1 aliphatic rings. The van der Waals surface area contributed by atoms with Gasteiger partial charge in [-0.25, -0.2) is 0 Å². The van der Waals surface area contributed by atoms with Crippen molar-refractivity contribution in [1.29, 1.82) is 10.5 Å². The summed E-state index contributed by atoms with van der Waals surface area (Å²) in [6.07, 6.45) is 9.03. The second-order valence-electron chi connectivity index (χ2n) is 11.0. The van der Waals surface area contributed by atoms with Crippen molar-refractivity contribution >= 4 is 36.2 Å². The van der Waals surface area contributed by atoms with Crippen LogP contribution in [0, 0.1) is 50.4 Å². The highest BCUT2D eigenvalue weighted by Crippen LogP contribution is 2.23. The summed E-state index contributed by atoms with van der Waals surface area (Å²) in [4.78, 5) is 38.1. The van der Waals surface area contributed by atoms with Crippen molar-refractivity contribution in [3.63, 3.8) is 0 Å². The van der Waals surface area contributed by atoms with Gasteiger partial charge in [0.1, 0.15) is 12.1 Å². The summed E-state index contributed by atoms with van der Waals surface area (Å²) in [7, 11) is 2.75. The normalized spacial score (nSPS) is 11.7. The fraction of sp³-hybridized carbons (Fsp3) is 0.294. The molecule has 224 valence electrons. The number of rotatable bonds is 6. The van der Waals surface area contributed by atoms with Crippen LogP contribution < -0.4 is 21.4 Å². The first-order valence-electron chi connectivity index (χ1n) is 14.3. The Hall–Kier alpha value is -5.48. The zero-order chi connectivity index (χ0) is 31.7. The maximum absolute atomic E-state index is 12.1. The maximum atomic E-state index is 12.1. The molecule has 10 nitrogen and oxygen atoms in total. The molecule has 4 aromatic rings. The molecule has 4 aromatic heterocycles. The van der Waals surface area contributed by atoms with Crippen molar-refractivity contribution in [2.45, 2.75) is 53.4 Å². The van der Waals surface area contributed by atoms with Crippen LogP contribution in [0.5, 0.6) is 0 Å². The minimum absolute atomic E-state index is 0.201. The number of aromatic nitrogens is 4. The molecule has 4 N–H and O–H groups in total. The zero-order valence-electron chi connectivity index (χ0n) is 25.7. The number of esters is 2. The van der Waals surface area contributed by atoms with Crippen LogP contribution >= 0.6 is 0 Å². The number of ether oxygens (including phenoxy) is 2. The van der Waals surface area contributed by atoms with Crippen molar-refractivity contribution in [2.75, 3.05) is 14.2 Å². The van der Waals surface area contributed by atoms with Crippen molar-refractivity contribution in [3.05, 3.63) is 88.7 Å². The van der Waals surface area contributed by atoms with Gasteiger partial charge >= 0.3 is 11.9 Å². The molecule has 5 heterocycles. The topological polar surface area (TPSA) is 163 Å². The monoisotopic (exact) mass is 590 g/mol. The van der Waals surface area contributed by atoms with E-state index in [2.05, 4.69) is 32.1 Å². The van der Waals surface area contributed by atoms with E-state index in [4.69, 9.17) is 9.47 Å². The molecule has 5 rings (SSSR count). The minimum Gasteiger partial charge on any atom is -0.469 e. The Morgan fingerprint density at radius 2 is 1.09 bits per heavy atom. The fourth-order valence-corrected chi connectivity index (χ4v) is 5.84. The Kier molecular flexibility index (Phi) is 8.19. The lowest BCUT2D eigenvalue weighted by Crippen LogP contribution is -2.14. The largest absolute Gasteiger partial charge is 0.469 e. The van der Waals surface area contributed by atoms with E-state index in [1.807, 2.05) is 52.0 Å². The fourth-order valence-electron chi connectivity index (χ4n) is 5.84. The number of nitrogens with zero attached hydrogens (tertiary/aromatic N) is 2. The Labute approximate surface area is 254 Å². The van der Waals surface area contributed by atoms with Crippen molar-refractivity contribution in [3.8, 4) is 12.1 Å². The zero-order valence-corrected chi connectivity index (χ0v) is 25.7. The summed E-state index contributed by atoms with van der Waals surface area (Å²) in [5.41, 5.74) is 9.37. The molecular weight excluding hydrogens is 556 g/mol. The molecule has 0 unspecified atom stereocenters. The number of nitriles is 2. The Morgan fingerprint density at radius 3 is 1.73 bits per heavy atom. The number of methoxy groups -OCH3 is 2. The van der Waals surface area contributed by atoms with Gasteiger partial charge in [0.2, 0.25) is 0 Å². The molecule has 0 fully saturated rings. The Balaban J connectivity index is 1.89. The van der Waals surface area contributed by atoms with Crippen LogP contribution in [0.1, 0.15) is 80.1 Å². The first-order valence-corrected chi connectivity index (χ1v) is 14.3. The van der Waals surface area contributed by atoms with Gasteiger partial charge in [-0.1, -0.05) is 0 Å². The van der Waals surface area contributed by atoms with E-state index in [0.29, 0.717) is 35.0 Å². The van der Waals surface area contributed by atoms with E-state index in [1.54, 1.807) is 0 Å². The second-order valence-corrected chi connectivity index (χ2v) is 11.0. The van der Waals surface area contributed by atoms with Crippen LogP contribution in [0.3, 0.4) is 0 Å². The summed E-state index contributed by atoms with van der Waals surface area (Å²) in [5, 5.41) is 23.1. The number of fused-ring (bicyclic) bond motifs is 8. The lowest BCUT2D eigenvalue weighted by molar-refractivity contribution is -0.141. The van der Waals surface area contributed by atoms with Crippen LogP contribution in [0.4, 0.5) is 0 Å². The lowest BCUT2D eigenvalue weighted by atomic mass is 10.0. The highest BCUT2D eigenvalue weighted by Gasteiger charge is 2.18. The van der Waals surface area contributed by atoms with Gasteiger partial charge in [0.15, 0.2) is 0 Å². The lowest BCUT2D eigenvalue weighted by Gasteiger charge is -2.03. The predicted octanol–water partition coefficient (Wildman–Crippen LogP) is 1.82. The molecule has 44 heavy (non-hydrogen) atoms. The van der Waals surface area contributed by atoms with Gasteiger partial charge in [0.25, 0.3) is 0 Å². The van der Waals surface area contributed by atoms with E-state index >= 15 is 0 Å². The van der Waals surface area contributed by atoms with Crippen molar-refractivity contribution in [1.82, 2.24) is 19.9 Å². The van der Waals surface area contributed by atoms with Gasteiger partial charge < -0.3 is 29.4 Å².